The highest BCUT2D eigenvalue weighted by Gasteiger charge is 2.35. The molecule has 0 spiro atoms. The van der Waals surface area contributed by atoms with Crippen molar-refractivity contribution in [3.63, 3.8) is 0 Å². The predicted molar refractivity (Wildman–Crippen MR) is 89.8 cm³/mol. The molecule has 1 aromatic carbocycles. The summed E-state index contributed by atoms with van der Waals surface area (Å²) < 4.78 is 14.9. The average Bonchev–Trinajstić information content (AvgIpc) is 3.19. The first kappa shape index (κ1) is 15.6. The molecule has 0 saturated carbocycles. The zero-order valence-electron chi connectivity index (χ0n) is 13.6. The van der Waals surface area contributed by atoms with Crippen LogP contribution in [0.4, 0.5) is 4.39 Å². The molecule has 6 nitrogen and oxygen atoms in total. The molecular weight excluding hydrogens is 323 g/mol. The van der Waals surface area contributed by atoms with Crippen LogP contribution >= 0.6 is 0 Å². The van der Waals surface area contributed by atoms with Crippen molar-refractivity contribution in [1.29, 1.82) is 0 Å². The first-order chi connectivity index (χ1) is 12.0. The second-order valence-electron chi connectivity index (χ2n) is 6.50. The van der Waals surface area contributed by atoms with Gasteiger partial charge in [0.05, 0.1) is 6.04 Å². The number of benzene rings is 1. The van der Waals surface area contributed by atoms with E-state index in [1.54, 1.807) is 11.0 Å². The Hall–Kier alpha value is -2.96. The number of hydrogen-bond acceptors (Lipinski definition) is 3. The van der Waals surface area contributed by atoms with Gasteiger partial charge in [-0.05, 0) is 30.0 Å². The van der Waals surface area contributed by atoms with Crippen molar-refractivity contribution in [3.8, 4) is 0 Å². The van der Waals surface area contributed by atoms with Gasteiger partial charge in [0.25, 0.3) is 11.5 Å². The Balaban J connectivity index is 1.74. The van der Waals surface area contributed by atoms with Crippen molar-refractivity contribution >= 4 is 11.6 Å². The Kier molecular flexibility index (Phi) is 3.63. The fourth-order valence-electron chi connectivity index (χ4n) is 3.53. The Morgan fingerprint density at radius 1 is 1.36 bits per heavy atom. The molecule has 0 aliphatic carbocycles. The topological polar surface area (TPSA) is 70.5 Å². The summed E-state index contributed by atoms with van der Waals surface area (Å²) in [5.74, 6) is -0.224. The highest BCUT2D eigenvalue weighted by Crippen LogP contribution is 2.36. The maximum atomic E-state index is 13.6. The fourth-order valence-corrected chi connectivity index (χ4v) is 3.53. The zero-order chi connectivity index (χ0) is 17.6. The lowest BCUT2D eigenvalue weighted by Gasteiger charge is -2.24. The quantitative estimate of drug-likeness (QED) is 0.779. The molecular formula is C18H17FN4O2. The van der Waals surface area contributed by atoms with Crippen LogP contribution in [0.25, 0.3) is 5.65 Å². The lowest BCUT2D eigenvalue weighted by Crippen LogP contribution is -2.31. The summed E-state index contributed by atoms with van der Waals surface area (Å²) in [5.41, 5.74) is 1.14. The van der Waals surface area contributed by atoms with E-state index < -0.39 is 0 Å². The lowest BCUT2D eigenvalue weighted by atomic mass is 10.0. The number of H-pyrrole nitrogens is 1. The number of carbonyl (C=O) groups is 1. The maximum absolute atomic E-state index is 13.6. The van der Waals surface area contributed by atoms with Gasteiger partial charge in [0.15, 0.2) is 5.65 Å². The summed E-state index contributed by atoms with van der Waals surface area (Å²) in [6.07, 6.45) is 3.65. The number of nitrogens with zero attached hydrogens (tertiary/aromatic N) is 3. The average molecular weight is 340 g/mol. The molecule has 0 radical (unpaired) electrons. The third-order valence-corrected chi connectivity index (χ3v) is 4.66. The highest BCUT2D eigenvalue weighted by atomic mass is 19.1. The Morgan fingerprint density at radius 2 is 2.20 bits per heavy atom. The summed E-state index contributed by atoms with van der Waals surface area (Å²) in [6, 6.07) is 7.49. The molecule has 3 heterocycles. The number of aromatic nitrogens is 3. The van der Waals surface area contributed by atoms with Crippen molar-refractivity contribution in [3.05, 3.63) is 70.0 Å². The van der Waals surface area contributed by atoms with Crippen molar-refractivity contribution in [2.45, 2.75) is 19.4 Å². The molecule has 1 saturated heterocycles. The van der Waals surface area contributed by atoms with Gasteiger partial charge in [-0.2, -0.15) is 0 Å². The minimum Gasteiger partial charge on any atom is -0.331 e. The number of fused-ring (bicyclic) bond motifs is 1. The molecule has 4 rings (SSSR count). The summed E-state index contributed by atoms with van der Waals surface area (Å²) in [5, 5.41) is 2.77. The van der Waals surface area contributed by atoms with Crippen LogP contribution in [0.15, 0.2) is 47.5 Å². The minimum absolute atomic E-state index is 0.191. The summed E-state index contributed by atoms with van der Waals surface area (Å²) in [6.45, 7) is 2.64. The van der Waals surface area contributed by atoms with Crippen LogP contribution in [0.5, 0.6) is 0 Å². The van der Waals surface area contributed by atoms with E-state index >= 15 is 0 Å². The number of likely N-dealkylation sites (tertiary alicyclic amines) is 1. The summed E-state index contributed by atoms with van der Waals surface area (Å²) >= 11 is 0. The zero-order valence-corrected chi connectivity index (χ0v) is 13.6. The number of amides is 1. The first-order valence-corrected chi connectivity index (χ1v) is 8.16. The molecule has 3 aromatic rings. The van der Waals surface area contributed by atoms with E-state index in [0.29, 0.717) is 23.7 Å². The molecule has 1 fully saturated rings. The van der Waals surface area contributed by atoms with Gasteiger partial charge in [-0.1, -0.05) is 19.1 Å². The third-order valence-electron chi connectivity index (χ3n) is 4.66. The molecule has 1 aliphatic rings. The van der Waals surface area contributed by atoms with Gasteiger partial charge in [-0.25, -0.2) is 13.9 Å². The van der Waals surface area contributed by atoms with Crippen molar-refractivity contribution in [2.24, 2.45) is 5.92 Å². The maximum Gasteiger partial charge on any atom is 0.272 e. The molecule has 128 valence electrons. The van der Waals surface area contributed by atoms with Gasteiger partial charge in [-0.15, -0.1) is 0 Å². The molecule has 2 atom stereocenters. The van der Waals surface area contributed by atoms with Gasteiger partial charge in [0, 0.05) is 25.0 Å². The number of carbonyl (C=O) groups excluding carboxylic acids is 1. The van der Waals surface area contributed by atoms with E-state index in [1.807, 2.05) is 6.07 Å². The highest BCUT2D eigenvalue weighted by molar-refractivity contribution is 6.00. The van der Waals surface area contributed by atoms with Crippen molar-refractivity contribution < 1.29 is 9.18 Å². The number of nitrogens with one attached hydrogen (secondary N) is 1. The first-order valence-electron chi connectivity index (χ1n) is 8.16. The van der Waals surface area contributed by atoms with E-state index in [0.717, 1.165) is 12.0 Å². The monoisotopic (exact) mass is 340 g/mol. The third kappa shape index (κ3) is 2.61. The fraction of sp³-hybridized carbons (Fsp3) is 0.278. The van der Waals surface area contributed by atoms with E-state index in [-0.39, 0.29) is 23.3 Å². The van der Waals surface area contributed by atoms with E-state index in [2.05, 4.69) is 17.0 Å². The number of hydrogen-bond donors (Lipinski definition) is 1. The molecule has 1 aliphatic heterocycles. The minimum atomic E-state index is -0.315. The SMILES string of the molecule is CC1CC(c2cccc(F)c2)N(C(=O)c2c[nH]n3c(=O)ccnc23)C1. The van der Waals surface area contributed by atoms with Gasteiger partial charge in [0.1, 0.15) is 11.4 Å². The van der Waals surface area contributed by atoms with Crippen molar-refractivity contribution in [1.82, 2.24) is 19.5 Å². The Labute approximate surface area is 142 Å². The Morgan fingerprint density at radius 3 is 3.00 bits per heavy atom. The van der Waals surface area contributed by atoms with Gasteiger partial charge in [-0.3, -0.25) is 14.7 Å². The second kappa shape index (κ2) is 5.84. The van der Waals surface area contributed by atoms with E-state index in [9.17, 15) is 14.0 Å². The van der Waals surface area contributed by atoms with Crippen molar-refractivity contribution in [2.75, 3.05) is 6.54 Å². The molecule has 2 unspecified atom stereocenters. The predicted octanol–water partition coefficient (Wildman–Crippen LogP) is 2.39. The molecule has 7 heteroatoms. The largest absolute Gasteiger partial charge is 0.331 e. The molecule has 0 bridgehead atoms. The molecule has 1 N–H and O–H groups in total. The number of rotatable bonds is 2. The smallest absolute Gasteiger partial charge is 0.272 e. The van der Waals surface area contributed by atoms with Gasteiger partial charge < -0.3 is 4.90 Å². The lowest BCUT2D eigenvalue weighted by molar-refractivity contribution is 0.0733. The summed E-state index contributed by atoms with van der Waals surface area (Å²) in [7, 11) is 0. The van der Waals surface area contributed by atoms with Crippen LogP contribution in [0.3, 0.4) is 0 Å². The standard InChI is InChI=1S/C18H17FN4O2/c1-11-7-15(12-3-2-4-13(19)8-12)22(10-11)18(25)14-9-21-23-16(24)5-6-20-17(14)23/h2-6,8-9,11,15,21H,7,10H2,1H3. The van der Waals surface area contributed by atoms with E-state index in [4.69, 9.17) is 0 Å². The van der Waals surface area contributed by atoms with Gasteiger partial charge in [0.2, 0.25) is 0 Å². The van der Waals surface area contributed by atoms with Crippen LogP contribution in [0, 0.1) is 11.7 Å². The van der Waals surface area contributed by atoms with Crippen LogP contribution in [0.2, 0.25) is 0 Å². The number of halogens is 1. The Bertz CT molecular complexity index is 1010. The molecule has 1 amide bonds. The molecule has 2 aromatic heterocycles. The van der Waals surface area contributed by atoms with Crippen LogP contribution in [-0.4, -0.2) is 31.9 Å². The van der Waals surface area contributed by atoms with Crippen LogP contribution in [-0.2, 0) is 0 Å². The summed E-state index contributed by atoms with van der Waals surface area (Å²) in [4.78, 5) is 30.8. The second-order valence-corrected chi connectivity index (χ2v) is 6.50. The van der Waals surface area contributed by atoms with Crippen LogP contribution in [0.1, 0.15) is 35.3 Å². The van der Waals surface area contributed by atoms with Crippen LogP contribution < -0.4 is 5.56 Å². The molecule has 25 heavy (non-hydrogen) atoms. The normalized spacial score (nSPS) is 20.3. The number of aromatic amines is 1. The van der Waals surface area contributed by atoms with E-state index in [1.165, 1.54) is 35.1 Å². The van der Waals surface area contributed by atoms with Gasteiger partial charge >= 0.3 is 0 Å².